The molecule has 0 atom stereocenters. The molecule has 1 fully saturated rings. The predicted molar refractivity (Wildman–Crippen MR) is 68.4 cm³/mol. The van der Waals surface area contributed by atoms with Crippen LogP contribution in [0.2, 0.25) is 0 Å². The minimum Gasteiger partial charge on any atom is -0.480 e. The lowest BCUT2D eigenvalue weighted by Crippen LogP contribution is -2.41. The number of aromatic nitrogens is 2. The molecule has 1 aliphatic heterocycles. The first-order chi connectivity index (χ1) is 8.34. The first-order valence-electron chi connectivity index (χ1n) is 6.04. The van der Waals surface area contributed by atoms with Crippen LogP contribution in [0.5, 0.6) is 5.88 Å². The van der Waals surface area contributed by atoms with Gasteiger partial charge in [-0.25, -0.2) is 4.98 Å². The molecule has 0 amide bonds. The monoisotopic (exact) mass is 250 g/mol. The number of hydrogen-bond acceptors (Lipinski definition) is 5. The van der Waals surface area contributed by atoms with Crippen LogP contribution in [0.1, 0.15) is 33.4 Å². The van der Waals surface area contributed by atoms with Crippen LogP contribution in [-0.2, 0) is 15.6 Å². The largest absolute Gasteiger partial charge is 0.480 e. The highest BCUT2D eigenvalue weighted by molar-refractivity contribution is 6.44. The Kier molecular flexibility index (Phi) is 3.34. The maximum Gasteiger partial charge on any atom is 0.464 e. The Bertz CT molecular complexity index is 404. The van der Waals surface area contributed by atoms with Crippen molar-refractivity contribution in [1.29, 1.82) is 0 Å². The van der Waals surface area contributed by atoms with Crippen LogP contribution in [-0.4, -0.2) is 35.4 Å². The predicted octanol–water partition coefficient (Wildman–Crippen LogP) is 1.66. The highest BCUT2D eigenvalue weighted by Gasteiger charge is 2.50. The van der Waals surface area contributed by atoms with Crippen LogP contribution in [0.3, 0.4) is 0 Å². The lowest BCUT2D eigenvalue weighted by molar-refractivity contribution is 0.00578. The summed E-state index contributed by atoms with van der Waals surface area (Å²) >= 11 is 0. The molecule has 0 spiro atoms. The van der Waals surface area contributed by atoms with Gasteiger partial charge in [0, 0.05) is 6.32 Å². The van der Waals surface area contributed by atoms with Crippen molar-refractivity contribution in [3.05, 3.63) is 18.1 Å². The Hall–Kier alpha value is -1.14. The normalized spacial score (nSPS) is 21.1. The van der Waals surface area contributed by atoms with E-state index in [0.29, 0.717) is 12.2 Å². The molecule has 1 aromatic rings. The third-order valence-electron chi connectivity index (χ3n) is 3.57. The summed E-state index contributed by atoms with van der Waals surface area (Å²) in [6.45, 7) is 8.14. The van der Waals surface area contributed by atoms with Gasteiger partial charge in [0.1, 0.15) is 0 Å². The summed E-state index contributed by atoms with van der Waals surface area (Å²) in [6.07, 6.45) is 3.87. The fourth-order valence-electron chi connectivity index (χ4n) is 1.77. The molecule has 0 saturated carbocycles. The summed E-state index contributed by atoms with van der Waals surface area (Å²) in [5.41, 5.74) is 0.212. The van der Waals surface area contributed by atoms with E-state index in [4.69, 9.17) is 14.0 Å². The van der Waals surface area contributed by atoms with E-state index in [1.54, 1.807) is 19.5 Å². The zero-order valence-corrected chi connectivity index (χ0v) is 11.6. The van der Waals surface area contributed by atoms with Crippen molar-refractivity contribution in [1.82, 2.24) is 9.97 Å². The van der Waals surface area contributed by atoms with Gasteiger partial charge in [0.25, 0.3) is 0 Å². The lowest BCUT2D eigenvalue weighted by Gasteiger charge is -2.32. The number of rotatable bonds is 3. The Morgan fingerprint density at radius 1 is 1.11 bits per heavy atom. The zero-order chi connectivity index (χ0) is 13.4. The van der Waals surface area contributed by atoms with Crippen molar-refractivity contribution in [2.75, 3.05) is 7.11 Å². The van der Waals surface area contributed by atoms with E-state index in [-0.39, 0.29) is 18.3 Å². The van der Waals surface area contributed by atoms with Crippen molar-refractivity contribution in [3.8, 4) is 5.88 Å². The maximum atomic E-state index is 5.90. The van der Waals surface area contributed by atoms with Gasteiger partial charge < -0.3 is 14.0 Å². The number of nitrogens with zero attached hydrogens (tertiary/aromatic N) is 2. The maximum absolute atomic E-state index is 5.90. The second kappa shape index (κ2) is 4.51. The molecule has 98 valence electrons. The molecule has 0 radical (unpaired) electrons. The molecule has 0 N–H and O–H groups in total. The van der Waals surface area contributed by atoms with E-state index in [2.05, 4.69) is 9.97 Å². The van der Waals surface area contributed by atoms with Gasteiger partial charge in [-0.05, 0) is 27.7 Å². The zero-order valence-electron chi connectivity index (χ0n) is 11.6. The molecular weight excluding hydrogens is 231 g/mol. The Labute approximate surface area is 108 Å². The van der Waals surface area contributed by atoms with Gasteiger partial charge in [-0.15, -0.1) is 0 Å². The van der Waals surface area contributed by atoms with Crippen molar-refractivity contribution in [3.63, 3.8) is 0 Å². The third-order valence-corrected chi connectivity index (χ3v) is 3.57. The van der Waals surface area contributed by atoms with E-state index < -0.39 is 0 Å². The van der Waals surface area contributed by atoms with Crippen LogP contribution >= 0.6 is 0 Å². The highest BCUT2D eigenvalue weighted by atomic mass is 16.7. The minimum absolute atomic E-state index is 0.280. The summed E-state index contributed by atoms with van der Waals surface area (Å²) in [4.78, 5) is 8.38. The fourth-order valence-corrected chi connectivity index (χ4v) is 1.77. The second-order valence-electron chi connectivity index (χ2n) is 5.44. The number of ether oxygens (including phenoxy) is 1. The second-order valence-corrected chi connectivity index (χ2v) is 5.44. The molecule has 0 aliphatic carbocycles. The van der Waals surface area contributed by atoms with Gasteiger partial charge in [0.05, 0.1) is 36.4 Å². The molecule has 0 aromatic carbocycles. The molecule has 2 heterocycles. The highest BCUT2D eigenvalue weighted by Crippen LogP contribution is 2.37. The number of methoxy groups -OCH3 is 1. The number of hydrogen-bond donors (Lipinski definition) is 0. The van der Waals surface area contributed by atoms with E-state index in [1.165, 1.54) is 0 Å². The van der Waals surface area contributed by atoms with Crippen molar-refractivity contribution < 1.29 is 14.0 Å². The smallest absolute Gasteiger partial charge is 0.464 e. The standard InChI is InChI=1S/C12H19BN2O3/c1-11(2)12(3,4)18-13(17-11)6-9-7-15-10(16-5)8-14-9/h7-8H,6H2,1-5H3. The van der Waals surface area contributed by atoms with Crippen molar-refractivity contribution in [2.45, 2.75) is 45.2 Å². The first kappa shape index (κ1) is 13.3. The quantitative estimate of drug-likeness (QED) is 0.763. The fraction of sp³-hybridized carbons (Fsp3) is 0.667. The van der Waals surface area contributed by atoms with E-state index in [1.807, 2.05) is 27.7 Å². The molecule has 0 unspecified atom stereocenters. The molecule has 6 heteroatoms. The minimum atomic E-state index is -0.308. The summed E-state index contributed by atoms with van der Waals surface area (Å²) in [7, 11) is 1.29. The average Bonchev–Trinajstić information content (AvgIpc) is 2.48. The van der Waals surface area contributed by atoms with E-state index in [9.17, 15) is 0 Å². The summed E-state index contributed by atoms with van der Waals surface area (Å²) in [5, 5.41) is 0. The molecule has 0 bridgehead atoms. The molecule has 1 aliphatic rings. The Morgan fingerprint density at radius 2 is 1.72 bits per heavy atom. The molecule has 2 rings (SSSR count). The van der Waals surface area contributed by atoms with E-state index in [0.717, 1.165) is 5.69 Å². The molecule has 1 aromatic heterocycles. The first-order valence-corrected chi connectivity index (χ1v) is 6.04. The van der Waals surface area contributed by atoms with Crippen molar-refractivity contribution >= 4 is 7.12 Å². The molecule has 18 heavy (non-hydrogen) atoms. The topological polar surface area (TPSA) is 53.5 Å². The van der Waals surface area contributed by atoms with Crippen LogP contribution in [0.25, 0.3) is 0 Å². The summed E-state index contributed by atoms with van der Waals surface area (Å²) in [5.74, 6) is 0.507. The SMILES string of the molecule is COc1cnc(CB2OC(C)(C)C(C)(C)O2)cn1. The van der Waals surface area contributed by atoms with Crippen LogP contribution in [0.4, 0.5) is 0 Å². The summed E-state index contributed by atoms with van der Waals surface area (Å²) in [6, 6.07) is 0. The average molecular weight is 250 g/mol. The third kappa shape index (κ3) is 2.49. The van der Waals surface area contributed by atoms with Crippen LogP contribution < -0.4 is 4.74 Å². The van der Waals surface area contributed by atoms with Gasteiger partial charge in [0.2, 0.25) is 5.88 Å². The van der Waals surface area contributed by atoms with Crippen LogP contribution in [0, 0.1) is 0 Å². The lowest BCUT2D eigenvalue weighted by atomic mass is 9.83. The molecule has 1 saturated heterocycles. The molecular formula is C12H19BN2O3. The van der Waals surface area contributed by atoms with E-state index >= 15 is 0 Å². The van der Waals surface area contributed by atoms with Gasteiger partial charge in [0.15, 0.2) is 0 Å². The van der Waals surface area contributed by atoms with Gasteiger partial charge in [-0.3, -0.25) is 4.98 Å². The van der Waals surface area contributed by atoms with Gasteiger partial charge >= 0.3 is 7.12 Å². The van der Waals surface area contributed by atoms with Gasteiger partial charge in [-0.2, -0.15) is 0 Å². The van der Waals surface area contributed by atoms with Gasteiger partial charge in [-0.1, -0.05) is 0 Å². The molecule has 5 nitrogen and oxygen atoms in total. The Morgan fingerprint density at radius 3 is 2.17 bits per heavy atom. The Balaban J connectivity index is 2.03. The summed E-state index contributed by atoms with van der Waals surface area (Å²) < 4.78 is 16.8. The van der Waals surface area contributed by atoms with Crippen molar-refractivity contribution in [2.24, 2.45) is 0 Å². The van der Waals surface area contributed by atoms with Crippen LogP contribution in [0.15, 0.2) is 12.4 Å².